The summed E-state index contributed by atoms with van der Waals surface area (Å²) in [6.07, 6.45) is -4.40. The van der Waals surface area contributed by atoms with Crippen LogP contribution in [0.25, 0.3) is 0 Å². The van der Waals surface area contributed by atoms with Gasteiger partial charge in [0, 0.05) is 13.2 Å². The molecule has 8 heteroatoms. The highest BCUT2D eigenvalue weighted by molar-refractivity contribution is 7.89. The predicted molar refractivity (Wildman–Crippen MR) is 63.1 cm³/mol. The van der Waals surface area contributed by atoms with E-state index in [1.165, 1.54) is 0 Å². The third kappa shape index (κ3) is 3.92. The standard InChI is InChI=1S/C11H14F3NO3S/c1-8-9(11(12,13)14)4-2-5-10(8)19(17,18)15-6-3-7-16/h2,4-5,15-16H,3,6-7H2,1H3. The van der Waals surface area contributed by atoms with Crippen molar-refractivity contribution in [2.45, 2.75) is 24.4 Å². The summed E-state index contributed by atoms with van der Waals surface area (Å²) < 4.78 is 63.9. The quantitative estimate of drug-likeness (QED) is 0.813. The molecule has 1 rings (SSSR count). The normalized spacial score (nSPS) is 12.7. The maximum Gasteiger partial charge on any atom is 0.416 e. The number of benzene rings is 1. The Labute approximate surface area is 109 Å². The van der Waals surface area contributed by atoms with Gasteiger partial charge < -0.3 is 5.11 Å². The van der Waals surface area contributed by atoms with Crippen LogP contribution in [0.1, 0.15) is 17.5 Å². The molecule has 0 bridgehead atoms. The molecular formula is C11H14F3NO3S. The van der Waals surface area contributed by atoms with E-state index in [0.29, 0.717) is 0 Å². The molecule has 0 fully saturated rings. The van der Waals surface area contributed by atoms with Crippen molar-refractivity contribution in [2.75, 3.05) is 13.2 Å². The molecule has 0 unspecified atom stereocenters. The van der Waals surface area contributed by atoms with Gasteiger partial charge >= 0.3 is 6.18 Å². The molecule has 0 atom stereocenters. The van der Waals surface area contributed by atoms with Gasteiger partial charge in [0.25, 0.3) is 0 Å². The minimum absolute atomic E-state index is 0.0332. The monoisotopic (exact) mass is 297 g/mol. The molecule has 0 aliphatic heterocycles. The lowest BCUT2D eigenvalue weighted by Gasteiger charge is -2.14. The number of aliphatic hydroxyl groups is 1. The lowest BCUT2D eigenvalue weighted by molar-refractivity contribution is -0.138. The first-order valence-corrected chi connectivity index (χ1v) is 6.96. The van der Waals surface area contributed by atoms with Crippen LogP contribution in [-0.4, -0.2) is 26.7 Å². The zero-order valence-corrected chi connectivity index (χ0v) is 11.0. The summed E-state index contributed by atoms with van der Waals surface area (Å²) in [5.41, 5.74) is -1.32. The SMILES string of the molecule is Cc1c(C(F)(F)F)cccc1S(=O)(=O)NCCCO. The van der Waals surface area contributed by atoms with Gasteiger partial charge in [0.15, 0.2) is 0 Å². The molecule has 2 N–H and O–H groups in total. The molecule has 19 heavy (non-hydrogen) atoms. The molecule has 0 heterocycles. The molecule has 1 aromatic rings. The van der Waals surface area contributed by atoms with Crippen LogP contribution < -0.4 is 4.72 Å². The Balaban J connectivity index is 3.15. The maximum atomic E-state index is 12.7. The highest BCUT2D eigenvalue weighted by Gasteiger charge is 2.34. The third-order valence-corrected chi connectivity index (χ3v) is 4.11. The van der Waals surface area contributed by atoms with E-state index >= 15 is 0 Å². The number of hydrogen-bond acceptors (Lipinski definition) is 3. The van der Waals surface area contributed by atoms with Gasteiger partial charge in [0.05, 0.1) is 10.5 Å². The fourth-order valence-corrected chi connectivity index (χ4v) is 2.92. The molecule has 0 aliphatic rings. The van der Waals surface area contributed by atoms with E-state index in [-0.39, 0.29) is 25.1 Å². The van der Waals surface area contributed by atoms with Gasteiger partial charge in [-0.3, -0.25) is 0 Å². The van der Waals surface area contributed by atoms with Crippen LogP contribution >= 0.6 is 0 Å². The summed E-state index contributed by atoms with van der Waals surface area (Å²) in [6, 6.07) is 3.00. The van der Waals surface area contributed by atoms with Crippen molar-refractivity contribution in [3.05, 3.63) is 29.3 Å². The smallest absolute Gasteiger partial charge is 0.396 e. The van der Waals surface area contributed by atoms with Crippen LogP contribution in [0.15, 0.2) is 23.1 Å². The van der Waals surface area contributed by atoms with Gasteiger partial charge in [-0.05, 0) is 31.0 Å². The van der Waals surface area contributed by atoms with E-state index in [1.54, 1.807) is 0 Å². The van der Waals surface area contributed by atoms with Gasteiger partial charge in [-0.2, -0.15) is 13.2 Å². The second kappa shape index (κ2) is 5.89. The average molecular weight is 297 g/mol. The van der Waals surface area contributed by atoms with Crippen LogP contribution in [0.5, 0.6) is 0 Å². The van der Waals surface area contributed by atoms with E-state index < -0.39 is 26.7 Å². The van der Waals surface area contributed by atoms with Crippen molar-refractivity contribution >= 4 is 10.0 Å². The van der Waals surface area contributed by atoms with Crippen molar-refractivity contribution in [2.24, 2.45) is 0 Å². The van der Waals surface area contributed by atoms with E-state index in [2.05, 4.69) is 4.72 Å². The van der Waals surface area contributed by atoms with Crippen LogP contribution in [-0.2, 0) is 16.2 Å². The zero-order valence-electron chi connectivity index (χ0n) is 10.2. The molecule has 0 aliphatic carbocycles. The summed E-state index contributed by atoms with van der Waals surface area (Å²) in [5.74, 6) is 0. The number of aliphatic hydroxyl groups excluding tert-OH is 1. The Kier molecular flexibility index (Phi) is 4.94. The summed E-state index contributed by atoms with van der Waals surface area (Å²) in [6.45, 7) is 0.877. The van der Waals surface area contributed by atoms with Gasteiger partial charge in [-0.15, -0.1) is 0 Å². The van der Waals surface area contributed by atoms with E-state index in [1.807, 2.05) is 0 Å². The van der Waals surface area contributed by atoms with Crippen molar-refractivity contribution in [3.8, 4) is 0 Å². The molecular weight excluding hydrogens is 283 g/mol. The van der Waals surface area contributed by atoms with Gasteiger partial charge in [-0.25, -0.2) is 13.1 Å². The average Bonchev–Trinajstić information content (AvgIpc) is 2.27. The van der Waals surface area contributed by atoms with E-state index in [4.69, 9.17) is 5.11 Å². The van der Waals surface area contributed by atoms with Crippen LogP contribution in [0, 0.1) is 6.92 Å². The lowest BCUT2D eigenvalue weighted by Crippen LogP contribution is -2.26. The summed E-state index contributed by atoms with van der Waals surface area (Å²) in [7, 11) is -4.01. The number of nitrogens with one attached hydrogen (secondary N) is 1. The Morgan fingerprint density at radius 2 is 1.95 bits per heavy atom. The minimum atomic E-state index is -4.60. The summed E-state index contributed by atoms with van der Waals surface area (Å²) in [5, 5.41) is 8.56. The van der Waals surface area contributed by atoms with Crippen LogP contribution in [0.3, 0.4) is 0 Å². The highest BCUT2D eigenvalue weighted by atomic mass is 32.2. The Bertz CT molecular complexity index is 541. The second-order valence-corrected chi connectivity index (χ2v) is 5.64. The number of halogens is 3. The Hall–Kier alpha value is -1.12. The van der Waals surface area contributed by atoms with Gasteiger partial charge in [0.1, 0.15) is 0 Å². The zero-order chi connectivity index (χ0) is 14.7. The number of rotatable bonds is 5. The number of alkyl halides is 3. The molecule has 1 aromatic carbocycles. The number of hydrogen-bond donors (Lipinski definition) is 2. The maximum absolute atomic E-state index is 12.7. The Morgan fingerprint density at radius 1 is 1.32 bits per heavy atom. The Morgan fingerprint density at radius 3 is 2.47 bits per heavy atom. The summed E-state index contributed by atoms with van der Waals surface area (Å²) in [4.78, 5) is -0.403. The van der Waals surface area contributed by atoms with Crippen molar-refractivity contribution in [3.63, 3.8) is 0 Å². The first-order chi connectivity index (χ1) is 8.70. The van der Waals surface area contributed by atoms with Crippen molar-refractivity contribution in [1.82, 2.24) is 4.72 Å². The van der Waals surface area contributed by atoms with E-state index in [9.17, 15) is 21.6 Å². The lowest BCUT2D eigenvalue weighted by atomic mass is 10.1. The minimum Gasteiger partial charge on any atom is -0.396 e. The molecule has 108 valence electrons. The summed E-state index contributed by atoms with van der Waals surface area (Å²) >= 11 is 0. The fraction of sp³-hybridized carbons (Fsp3) is 0.455. The van der Waals surface area contributed by atoms with Crippen molar-refractivity contribution in [1.29, 1.82) is 0 Å². The van der Waals surface area contributed by atoms with Crippen LogP contribution in [0.2, 0.25) is 0 Å². The molecule has 0 saturated heterocycles. The first-order valence-electron chi connectivity index (χ1n) is 5.47. The highest BCUT2D eigenvalue weighted by Crippen LogP contribution is 2.33. The van der Waals surface area contributed by atoms with Crippen LogP contribution in [0.4, 0.5) is 13.2 Å². The van der Waals surface area contributed by atoms with Crippen molar-refractivity contribution < 1.29 is 26.7 Å². The molecule has 0 spiro atoms. The molecule has 0 aromatic heterocycles. The first kappa shape index (κ1) is 15.9. The van der Waals surface area contributed by atoms with Gasteiger partial charge in [0.2, 0.25) is 10.0 Å². The topological polar surface area (TPSA) is 66.4 Å². The molecule has 0 saturated carbocycles. The molecule has 0 amide bonds. The van der Waals surface area contributed by atoms with E-state index in [0.717, 1.165) is 25.1 Å². The second-order valence-electron chi connectivity index (χ2n) is 3.90. The van der Waals surface area contributed by atoms with Gasteiger partial charge in [-0.1, -0.05) is 6.07 Å². The molecule has 0 radical (unpaired) electrons. The fourth-order valence-electron chi connectivity index (χ4n) is 1.58. The third-order valence-electron chi connectivity index (χ3n) is 2.51. The largest absolute Gasteiger partial charge is 0.416 e. The molecule has 4 nitrogen and oxygen atoms in total. The predicted octanol–water partition coefficient (Wildman–Crippen LogP) is 1.67. The number of sulfonamides is 1.